The molecular formula is C31H32N2. The Morgan fingerprint density at radius 1 is 0.576 bits per heavy atom. The molecule has 4 aromatic rings. The van der Waals surface area contributed by atoms with E-state index in [9.17, 15) is 0 Å². The summed E-state index contributed by atoms with van der Waals surface area (Å²) in [5.41, 5.74) is 12.5. The largest absolute Gasteiger partial charge is 0.305 e. The molecule has 0 fully saturated rings. The van der Waals surface area contributed by atoms with Gasteiger partial charge < -0.3 is 4.90 Å². The molecule has 166 valence electrons. The molecule has 0 aromatic heterocycles. The third-order valence-corrected chi connectivity index (χ3v) is 6.51. The highest BCUT2D eigenvalue weighted by atomic mass is 15.1. The molecule has 5 rings (SSSR count). The van der Waals surface area contributed by atoms with Crippen molar-refractivity contribution < 1.29 is 0 Å². The number of hydrogen-bond donors (Lipinski definition) is 0. The summed E-state index contributed by atoms with van der Waals surface area (Å²) in [4.78, 5) is 4.65. The van der Waals surface area contributed by atoms with Gasteiger partial charge in [-0.25, -0.2) is 0 Å². The highest BCUT2D eigenvalue weighted by molar-refractivity contribution is 5.77. The van der Waals surface area contributed by atoms with Crippen LogP contribution in [0.25, 0.3) is 22.3 Å². The van der Waals surface area contributed by atoms with E-state index in [4.69, 9.17) is 0 Å². The minimum atomic E-state index is 0.927. The van der Waals surface area contributed by atoms with Crippen molar-refractivity contribution in [2.75, 3.05) is 21.1 Å². The maximum atomic E-state index is 2.42. The van der Waals surface area contributed by atoms with Gasteiger partial charge in [0.05, 0.1) is 0 Å². The van der Waals surface area contributed by atoms with Crippen LogP contribution in [-0.2, 0) is 26.1 Å². The number of hydrogen-bond acceptors (Lipinski definition) is 2. The standard InChI is InChI=1S/C31H32N2/c1-32(2)20-24-13-15-26-19-28-17-23(14-16-30(28)31(26)18-24)21-33(3)22-27-11-7-8-12-29(27)25-9-5-4-6-10-25/h4-18H,19-22H2,1-3H3. The van der Waals surface area contributed by atoms with Crippen LogP contribution in [0.15, 0.2) is 91.0 Å². The molecule has 1 aliphatic rings. The lowest BCUT2D eigenvalue weighted by Gasteiger charge is -2.20. The zero-order chi connectivity index (χ0) is 22.8. The molecule has 1 aliphatic carbocycles. The first-order chi connectivity index (χ1) is 16.1. The molecule has 0 saturated heterocycles. The van der Waals surface area contributed by atoms with E-state index in [-0.39, 0.29) is 0 Å². The van der Waals surface area contributed by atoms with Gasteiger partial charge in [0.2, 0.25) is 0 Å². The summed E-state index contributed by atoms with van der Waals surface area (Å²) >= 11 is 0. The molecule has 33 heavy (non-hydrogen) atoms. The fourth-order valence-electron chi connectivity index (χ4n) is 5.07. The van der Waals surface area contributed by atoms with Crippen molar-refractivity contribution in [3.63, 3.8) is 0 Å². The Morgan fingerprint density at radius 2 is 1.30 bits per heavy atom. The Labute approximate surface area is 198 Å². The molecule has 0 saturated carbocycles. The predicted molar refractivity (Wildman–Crippen MR) is 139 cm³/mol. The van der Waals surface area contributed by atoms with Crippen molar-refractivity contribution in [3.05, 3.63) is 119 Å². The van der Waals surface area contributed by atoms with E-state index in [0.717, 1.165) is 26.1 Å². The van der Waals surface area contributed by atoms with E-state index >= 15 is 0 Å². The quantitative estimate of drug-likeness (QED) is 0.285. The van der Waals surface area contributed by atoms with Gasteiger partial charge in [0.1, 0.15) is 0 Å². The van der Waals surface area contributed by atoms with Gasteiger partial charge in [0.25, 0.3) is 0 Å². The molecule has 0 spiro atoms. The predicted octanol–water partition coefficient (Wildman–Crippen LogP) is 6.62. The van der Waals surface area contributed by atoms with E-state index in [2.05, 4.69) is 122 Å². The Hall–Kier alpha value is -3.20. The fourth-order valence-corrected chi connectivity index (χ4v) is 5.07. The van der Waals surface area contributed by atoms with Gasteiger partial charge in [0, 0.05) is 19.6 Å². The van der Waals surface area contributed by atoms with Gasteiger partial charge in [0.15, 0.2) is 0 Å². The monoisotopic (exact) mass is 432 g/mol. The SMILES string of the molecule is CN(C)Cc1ccc2c(c1)-c1ccc(CN(C)Cc3ccccc3-c3ccccc3)cc1C2. The smallest absolute Gasteiger partial charge is 0.0240 e. The maximum absolute atomic E-state index is 2.42. The second-order valence-electron chi connectivity index (χ2n) is 9.59. The first kappa shape index (κ1) is 21.6. The van der Waals surface area contributed by atoms with E-state index in [1.54, 1.807) is 0 Å². The van der Waals surface area contributed by atoms with Gasteiger partial charge in [-0.2, -0.15) is 0 Å². The second-order valence-corrected chi connectivity index (χ2v) is 9.59. The Morgan fingerprint density at radius 3 is 2.12 bits per heavy atom. The van der Waals surface area contributed by atoms with Crippen molar-refractivity contribution in [2.45, 2.75) is 26.1 Å². The van der Waals surface area contributed by atoms with Crippen LogP contribution < -0.4 is 0 Å². The number of nitrogens with zero attached hydrogens (tertiary/aromatic N) is 2. The summed E-state index contributed by atoms with van der Waals surface area (Å²) in [5.74, 6) is 0. The van der Waals surface area contributed by atoms with E-state index in [1.165, 1.54) is 50.1 Å². The summed E-state index contributed by atoms with van der Waals surface area (Å²) < 4.78 is 0. The first-order valence-corrected chi connectivity index (χ1v) is 11.8. The Kier molecular flexibility index (Phi) is 6.13. The lowest BCUT2D eigenvalue weighted by atomic mass is 9.99. The highest BCUT2D eigenvalue weighted by Crippen LogP contribution is 2.38. The third-order valence-electron chi connectivity index (χ3n) is 6.51. The van der Waals surface area contributed by atoms with Crippen LogP contribution >= 0.6 is 0 Å². The minimum Gasteiger partial charge on any atom is -0.305 e. The van der Waals surface area contributed by atoms with Crippen LogP contribution in [0.4, 0.5) is 0 Å². The van der Waals surface area contributed by atoms with Crippen molar-refractivity contribution in [1.82, 2.24) is 9.80 Å². The average molecular weight is 433 g/mol. The van der Waals surface area contributed by atoms with Crippen LogP contribution in [0.3, 0.4) is 0 Å². The van der Waals surface area contributed by atoms with Gasteiger partial charge in [-0.15, -0.1) is 0 Å². The van der Waals surface area contributed by atoms with Crippen molar-refractivity contribution in [2.24, 2.45) is 0 Å². The number of benzene rings is 4. The number of fused-ring (bicyclic) bond motifs is 3. The van der Waals surface area contributed by atoms with Crippen molar-refractivity contribution in [1.29, 1.82) is 0 Å². The molecule has 0 radical (unpaired) electrons. The summed E-state index contributed by atoms with van der Waals surface area (Å²) in [7, 11) is 6.47. The van der Waals surface area contributed by atoms with Crippen LogP contribution in [0.2, 0.25) is 0 Å². The molecule has 0 aliphatic heterocycles. The normalized spacial score (nSPS) is 12.3. The minimum absolute atomic E-state index is 0.927. The lowest BCUT2D eigenvalue weighted by molar-refractivity contribution is 0.319. The zero-order valence-corrected chi connectivity index (χ0v) is 19.9. The lowest BCUT2D eigenvalue weighted by Crippen LogP contribution is -2.17. The summed E-state index contributed by atoms with van der Waals surface area (Å²) in [5, 5.41) is 0. The molecule has 0 N–H and O–H groups in total. The molecule has 4 aromatic carbocycles. The molecular weight excluding hydrogens is 400 g/mol. The van der Waals surface area contributed by atoms with E-state index < -0.39 is 0 Å². The Bertz CT molecular complexity index is 1260. The van der Waals surface area contributed by atoms with E-state index in [0.29, 0.717) is 0 Å². The summed E-state index contributed by atoms with van der Waals surface area (Å²) in [6, 6.07) is 33.5. The third kappa shape index (κ3) is 4.78. The number of rotatable bonds is 7. The van der Waals surface area contributed by atoms with Crippen LogP contribution in [0.5, 0.6) is 0 Å². The van der Waals surface area contributed by atoms with Crippen LogP contribution in [-0.4, -0.2) is 30.9 Å². The van der Waals surface area contributed by atoms with Gasteiger partial charge >= 0.3 is 0 Å². The molecule has 0 heterocycles. The molecule has 0 amide bonds. The highest BCUT2D eigenvalue weighted by Gasteiger charge is 2.19. The van der Waals surface area contributed by atoms with Gasteiger partial charge in [-0.3, -0.25) is 4.90 Å². The zero-order valence-electron chi connectivity index (χ0n) is 19.9. The summed E-state index contributed by atoms with van der Waals surface area (Å²) in [6.45, 7) is 2.85. The van der Waals surface area contributed by atoms with E-state index in [1.807, 2.05) is 0 Å². The van der Waals surface area contributed by atoms with Crippen LogP contribution in [0.1, 0.15) is 27.8 Å². The molecule has 0 unspecified atom stereocenters. The van der Waals surface area contributed by atoms with Crippen LogP contribution in [0, 0.1) is 0 Å². The van der Waals surface area contributed by atoms with Crippen molar-refractivity contribution >= 4 is 0 Å². The second kappa shape index (κ2) is 9.35. The van der Waals surface area contributed by atoms with Gasteiger partial charge in [-0.1, -0.05) is 84.9 Å². The van der Waals surface area contributed by atoms with Crippen molar-refractivity contribution in [3.8, 4) is 22.3 Å². The average Bonchev–Trinajstić information content (AvgIpc) is 3.16. The summed E-state index contributed by atoms with van der Waals surface area (Å²) in [6.07, 6.45) is 1.04. The molecule has 2 nitrogen and oxygen atoms in total. The molecule has 0 bridgehead atoms. The fraction of sp³-hybridized carbons (Fsp3) is 0.226. The maximum Gasteiger partial charge on any atom is 0.0240 e. The molecule has 0 atom stereocenters. The molecule has 2 heteroatoms. The van der Waals surface area contributed by atoms with Gasteiger partial charge in [-0.05, 0) is 83.7 Å². The topological polar surface area (TPSA) is 6.48 Å². The first-order valence-electron chi connectivity index (χ1n) is 11.8. The Balaban J connectivity index is 1.32.